The number of carbonyl (C=O) groups is 1. The molecule has 5 nitrogen and oxygen atoms in total. The normalized spacial score (nSPS) is 23.9. The van der Waals surface area contributed by atoms with Gasteiger partial charge in [0, 0.05) is 6.54 Å². The summed E-state index contributed by atoms with van der Waals surface area (Å²) in [6, 6.07) is 8.44. The molecule has 6 heteroatoms. The molecule has 0 radical (unpaired) electrons. The highest BCUT2D eigenvalue weighted by Crippen LogP contribution is 2.25. The van der Waals surface area contributed by atoms with Crippen LogP contribution in [0.2, 0.25) is 0 Å². The summed E-state index contributed by atoms with van der Waals surface area (Å²) in [7, 11) is -3.55. The first-order valence-corrected chi connectivity index (χ1v) is 8.77. The third kappa shape index (κ3) is 4.04. The SMILES string of the molecule is CC1CCN(S(=O)(=O)CCc2ccccc2)C(C(=O)O)C1. The second kappa shape index (κ2) is 6.58. The number of aryl methyl sites for hydroxylation is 1. The van der Waals surface area contributed by atoms with Gasteiger partial charge in [-0.3, -0.25) is 4.79 Å². The minimum absolute atomic E-state index is 0.0465. The highest BCUT2D eigenvalue weighted by Gasteiger charge is 2.38. The first-order valence-electron chi connectivity index (χ1n) is 7.16. The number of hydrogen-bond donors (Lipinski definition) is 1. The number of aliphatic carboxylic acids is 1. The number of carboxylic acid groups (broad SMARTS) is 1. The highest BCUT2D eigenvalue weighted by atomic mass is 32.2. The zero-order valence-corrected chi connectivity index (χ0v) is 12.9. The van der Waals surface area contributed by atoms with Crippen LogP contribution >= 0.6 is 0 Å². The van der Waals surface area contributed by atoms with Crippen molar-refractivity contribution in [3.63, 3.8) is 0 Å². The van der Waals surface area contributed by atoms with Gasteiger partial charge in [-0.2, -0.15) is 4.31 Å². The summed E-state index contributed by atoms with van der Waals surface area (Å²) in [5.74, 6) is -0.855. The molecular formula is C15H21NO4S. The fourth-order valence-corrected chi connectivity index (χ4v) is 4.36. The van der Waals surface area contributed by atoms with Gasteiger partial charge in [-0.15, -0.1) is 0 Å². The third-order valence-electron chi connectivity index (χ3n) is 3.95. The maximum atomic E-state index is 12.4. The van der Waals surface area contributed by atoms with Crippen LogP contribution in [0.1, 0.15) is 25.3 Å². The summed E-state index contributed by atoms with van der Waals surface area (Å²) in [4.78, 5) is 11.3. The molecule has 0 spiro atoms. The first kappa shape index (κ1) is 16.0. The molecule has 0 bridgehead atoms. The maximum absolute atomic E-state index is 12.4. The number of piperidine rings is 1. The summed E-state index contributed by atoms with van der Waals surface area (Å²) in [5.41, 5.74) is 0.943. The Labute approximate surface area is 125 Å². The molecule has 1 saturated heterocycles. The molecule has 1 heterocycles. The quantitative estimate of drug-likeness (QED) is 0.899. The summed E-state index contributed by atoms with van der Waals surface area (Å²) in [6.07, 6.45) is 1.51. The number of sulfonamides is 1. The summed E-state index contributed by atoms with van der Waals surface area (Å²) in [5, 5.41) is 9.27. The molecule has 1 aromatic rings. The van der Waals surface area contributed by atoms with Crippen LogP contribution < -0.4 is 0 Å². The fourth-order valence-electron chi connectivity index (χ4n) is 2.69. The summed E-state index contributed by atoms with van der Waals surface area (Å²) in [6.45, 7) is 2.26. The monoisotopic (exact) mass is 311 g/mol. The average molecular weight is 311 g/mol. The third-order valence-corrected chi connectivity index (χ3v) is 5.82. The number of benzene rings is 1. The van der Waals surface area contributed by atoms with Crippen molar-refractivity contribution in [1.29, 1.82) is 0 Å². The van der Waals surface area contributed by atoms with E-state index in [0.717, 1.165) is 5.56 Å². The van der Waals surface area contributed by atoms with E-state index >= 15 is 0 Å². The van der Waals surface area contributed by atoms with E-state index in [1.807, 2.05) is 37.3 Å². The van der Waals surface area contributed by atoms with Gasteiger partial charge >= 0.3 is 5.97 Å². The van der Waals surface area contributed by atoms with Crippen molar-refractivity contribution in [1.82, 2.24) is 4.31 Å². The van der Waals surface area contributed by atoms with Crippen molar-refractivity contribution in [2.24, 2.45) is 5.92 Å². The van der Waals surface area contributed by atoms with E-state index in [9.17, 15) is 18.3 Å². The van der Waals surface area contributed by atoms with Crippen molar-refractivity contribution in [2.75, 3.05) is 12.3 Å². The molecule has 2 unspecified atom stereocenters. The predicted octanol–water partition coefficient (Wildman–Crippen LogP) is 1.74. The van der Waals surface area contributed by atoms with Gasteiger partial charge in [0.25, 0.3) is 0 Å². The van der Waals surface area contributed by atoms with Crippen LogP contribution in [0.4, 0.5) is 0 Å². The van der Waals surface area contributed by atoms with E-state index < -0.39 is 22.0 Å². The molecule has 1 fully saturated rings. The number of hydrogen-bond acceptors (Lipinski definition) is 3. The van der Waals surface area contributed by atoms with Gasteiger partial charge in [-0.25, -0.2) is 8.42 Å². The lowest BCUT2D eigenvalue weighted by atomic mass is 9.94. The summed E-state index contributed by atoms with van der Waals surface area (Å²) < 4.78 is 26.1. The Morgan fingerprint density at radius 3 is 2.62 bits per heavy atom. The van der Waals surface area contributed by atoms with Gasteiger partial charge in [-0.05, 0) is 30.7 Å². The molecule has 1 aliphatic heterocycles. The topological polar surface area (TPSA) is 74.7 Å². The largest absolute Gasteiger partial charge is 0.480 e. The maximum Gasteiger partial charge on any atom is 0.322 e. The van der Waals surface area contributed by atoms with Crippen LogP contribution in [-0.4, -0.2) is 42.1 Å². The van der Waals surface area contributed by atoms with E-state index in [0.29, 0.717) is 25.8 Å². The minimum Gasteiger partial charge on any atom is -0.480 e. The Kier molecular flexibility index (Phi) is 5.00. The zero-order valence-electron chi connectivity index (χ0n) is 12.1. The van der Waals surface area contributed by atoms with Crippen LogP contribution in [0.25, 0.3) is 0 Å². The molecule has 0 aromatic heterocycles. The van der Waals surface area contributed by atoms with Crippen molar-refractivity contribution >= 4 is 16.0 Å². The van der Waals surface area contributed by atoms with Gasteiger partial charge in [-0.1, -0.05) is 37.3 Å². The molecule has 2 atom stereocenters. The fraction of sp³-hybridized carbons (Fsp3) is 0.533. The Morgan fingerprint density at radius 1 is 1.33 bits per heavy atom. The lowest BCUT2D eigenvalue weighted by molar-refractivity contribution is -0.142. The van der Waals surface area contributed by atoms with Crippen LogP contribution in [-0.2, 0) is 21.2 Å². The Bertz CT molecular complexity index is 585. The molecule has 0 aliphatic carbocycles. The van der Waals surface area contributed by atoms with Gasteiger partial charge in [0.05, 0.1) is 5.75 Å². The van der Waals surface area contributed by atoms with Crippen molar-refractivity contribution in [3.8, 4) is 0 Å². The minimum atomic E-state index is -3.55. The molecule has 21 heavy (non-hydrogen) atoms. The zero-order chi connectivity index (χ0) is 15.5. The lowest BCUT2D eigenvalue weighted by Crippen LogP contribution is -2.50. The Morgan fingerprint density at radius 2 is 2.00 bits per heavy atom. The smallest absolute Gasteiger partial charge is 0.322 e. The molecule has 2 rings (SSSR count). The second-order valence-corrected chi connectivity index (χ2v) is 7.69. The number of rotatable bonds is 5. The van der Waals surface area contributed by atoms with E-state index in [1.54, 1.807) is 0 Å². The number of nitrogens with zero attached hydrogens (tertiary/aromatic N) is 1. The Hall–Kier alpha value is -1.40. The van der Waals surface area contributed by atoms with Crippen molar-refractivity contribution < 1.29 is 18.3 Å². The molecule has 1 aliphatic rings. The van der Waals surface area contributed by atoms with Gasteiger partial charge < -0.3 is 5.11 Å². The number of carboxylic acids is 1. The molecular weight excluding hydrogens is 290 g/mol. The molecule has 0 amide bonds. The standard InChI is InChI=1S/C15H21NO4S/c1-12-7-9-16(14(11-12)15(17)18)21(19,20)10-8-13-5-3-2-4-6-13/h2-6,12,14H,7-11H2,1H3,(H,17,18). The van der Waals surface area contributed by atoms with Crippen LogP contribution in [0, 0.1) is 5.92 Å². The van der Waals surface area contributed by atoms with Gasteiger partial charge in [0.1, 0.15) is 6.04 Å². The van der Waals surface area contributed by atoms with E-state index in [2.05, 4.69) is 0 Å². The van der Waals surface area contributed by atoms with E-state index in [1.165, 1.54) is 4.31 Å². The van der Waals surface area contributed by atoms with Crippen molar-refractivity contribution in [3.05, 3.63) is 35.9 Å². The lowest BCUT2D eigenvalue weighted by Gasteiger charge is -2.34. The van der Waals surface area contributed by atoms with Crippen LogP contribution in [0.3, 0.4) is 0 Å². The van der Waals surface area contributed by atoms with Crippen LogP contribution in [0.5, 0.6) is 0 Å². The van der Waals surface area contributed by atoms with Crippen molar-refractivity contribution in [2.45, 2.75) is 32.2 Å². The Balaban J connectivity index is 2.08. The first-order chi connectivity index (χ1) is 9.90. The summed E-state index contributed by atoms with van der Waals surface area (Å²) >= 11 is 0. The predicted molar refractivity (Wildman–Crippen MR) is 80.5 cm³/mol. The average Bonchev–Trinajstić information content (AvgIpc) is 2.46. The molecule has 1 N–H and O–H groups in total. The van der Waals surface area contributed by atoms with Crippen LogP contribution in [0.15, 0.2) is 30.3 Å². The highest BCUT2D eigenvalue weighted by molar-refractivity contribution is 7.89. The van der Waals surface area contributed by atoms with Gasteiger partial charge in [0.15, 0.2) is 0 Å². The van der Waals surface area contributed by atoms with Gasteiger partial charge in [0.2, 0.25) is 10.0 Å². The van der Waals surface area contributed by atoms with E-state index in [4.69, 9.17) is 0 Å². The molecule has 1 aromatic carbocycles. The second-order valence-electron chi connectivity index (χ2n) is 5.65. The molecule has 116 valence electrons. The van der Waals surface area contributed by atoms with E-state index in [-0.39, 0.29) is 11.7 Å². The molecule has 0 saturated carbocycles.